The average molecular weight is 422 g/mol. The summed E-state index contributed by atoms with van der Waals surface area (Å²) in [4.78, 5) is 13.4. The molecular formula is C22H27N7O2. The summed E-state index contributed by atoms with van der Waals surface area (Å²) in [6, 6.07) is 6.08. The van der Waals surface area contributed by atoms with Gasteiger partial charge >= 0.3 is 6.01 Å². The van der Waals surface area contributed by atoms with Crippen LogP contribution in [0.15, 0.2) is 24.4 Å². The van der Waals surface area contributed by atoms with E-state index < -0.39 is 0 Å². The molecule has 0 atom stereocenters. The van der Waals surface area contributed by atoms with E-state index in [0.717, 1.165) is 42.8 Å². The van der Waals surface area contributed by atoms with E-state index in [2.05, 4.69) is 25.6 Å². The Labute approximate surface area is 181 Å². The number of ether oxygens (including phenoxy) is 2. The molecule has 5 rings (SSSR count). The smallest absolute Gasteiger partial charge is 0.318 e. The zero-order valence-electron chi connectivity index (χ0n) is 17.9. The van der Waals surface area contributed by atoms with Gasteiger partial charge in [0.05, 0.1) is 17.5 Å². The molecule has 2 aliphatic carbocycles. The lowest BCUT2D eigenvalue weighted by Crippen LogP contribution is -2.20. The van der Waals surface area contributed by atoms with E-state index >= 15 is 0 Å². The lowest BCUT2D eigenvalue weighted by atomic mass is 9.98. The first-order valence-electron chi connectivity index (χ1n) is 11.0. The Bertz CT molecular complexity index is 1060. The van der Waals surface area contributed by atoms with Crippen LogP contribution in [0.25, 0.3) is 11.4 Å². The van der Waals surface area contributed by atoms with Crippen molar-refractivity contribution in [3.05, 3.63) is 30.1 Å². The van der Waals surface area contributed by atoms with Crippen molar-refractivity contribution in [3.63, 3.8) is 0 Å². The van der Waals surface area contributed by atoms with Crippen molar-refractivity contribution in [2.75, 3.05) is 5.32 Å². The fourth-order valence-corrected chi connectivity index (χ4v) is 3.76. The van der Waals surface area contributed by atoms with Crippen LogP contribution in [0.4, 0.5) is 11.6 Å². The minimum absolute atomic E-state index is 0.241. The predicted molar refractivity (Wildman–Crippen MR) is 115 cm³/mol. The summed E-state index contributed by atoms with van der Waals surface area (Å²) in [6.07, 6.45) is 10.3. The minimum Gasteiger partial charge on any atom is -0.489 e. The molecule has 2 aliphatic rings. The Balaban J connectivity index is 1.36. The Morgan fingerprint density at radius 2 is 1.77 bits per heavy atom. The molecule has 31 heavy (non-hydrogen) atoms. The van der Waals surface area contributed by atoms with Gasteiger partial charge in [-0.15, -0.1) is 5.10 Å². The Hall–Kier alpha value is -3.23. The van der Waals surface area contributed by atoms with Crippen LogP contribution in [0.5, 0.6) is 11.8 Å². The first-order chi connectivity index (χ1) is 15.2. The highest BCUT2D eigenvalue weighted by Crippen LogP contribution is 2.31. The van der Waals surface area contributed by atoms with Gasteiger partial charge in [0.25, 0.3) is 0 Å². The maximum absolute atomic E-state index is 6.21. The number of hydrogen-bond donors (Lipinski definition) is 1. The first-order valence-corrected chi connectivity index (χ1v) is 11.0. The highest BCUT2D eigenvalue weighted by Gasteiger charge is 2.25. The number of pyridine rings is 1. The molecule has 2 saturated carbocycles. The van der Waals surface area contributed by atoms with Crippen LogP contribution in [-0.2, 0) is 7.05 Å². The molecule has 9 nitrogen and oxygen atoms in total. The third-order valence-electron chi connectivity index (χ3n) is 5.63. The largest absolute Gasteiger partial charge is 0.489 e. The topological polar surface area (TPSA) is 99.9 Å². The van der Waals surface area contributed by atoms with Gasteiger partial charge in [0.2, 0.25) is 0 Å². The number of rotatable bonds is 7. The van der Waals surface area contributed by atoms with Crippen molar-refractivity contribution in [1.29, 1.82) is 0 Å². The molecule has 3 heterocycles. The van der Waals surface area contributed by atoms with Crippen molar-refractivity contribution in [2.24, 2.45) is 7.05 Å². The van der Waals surface area contributed by atoms with Crippen LogP contribution in [0.1, 0.15) is 50.6 Å². The number of nitrogens with zero attached hydrogens (tertiary/aromatic N) is 6. The summed E-state index contributed by atoms with van der Waals surface area (Å²) in [5, 5.41) is 11.8. The predicted octanol–water partition coefficient (Wildman–Crippen LogP) is 3.97. The van der Waals surface area contributed by atoms with Gasteiger partial charge in [-0.25, -0.2) is 14.6 Å². The number of anilines is 2. The quantitative estimate of drug-likeness (QED) is 0.612. The van der Waals surface area contributed by atoms with Crippen LogP contribution < -0.4 is 14.8 Å². The van der Waals surface area contributed by atoms with Crippen molar-refractivity contribution in [3.8, 4) is 23.1 Å². The molecular weight excluding hydrogens is 394 g/mol. The maximum Gasteiger partial charge on any atom is 0.318 e. The van der Waals surface area contributed by atoms with E-state index in [4.69, 9.17) is 14.5 Å². The Morgan fingerprint density at radius 1 is 0.968 bits per heavy atom. The molecule has 0 radical (unpaired) electrons. The van der Waals surface area contributed by atoms with Crippen molar-refractivity contribution < 1.29 is 9.47 Å². The van der Waals surface area contributed by atoms with E-state index in [9.17, 15) is 0 Å². The van der Waals surface area contributed by atoms with Crippen LogP contribution >= 0.6 is 0 Å². The number of aryl methyl sites for hydroxylation is 2. The molecule has 162 valence electrons. The minimum atomic E-state index is 0.241. The van der Waals surface area contributed by atoms with Gasteiger partial charge in [0.1, 0.15) is 17.7 Å². The SMILES string of the molecule is Cc1nc(-c2nnn(C)c2Nc2ccnc(OC3CC3)n2)ccc1OC1CCCCC1. The lowest BCUT2D eigenvalue weighted by Gasteiger charge is -2.23. The first kappa shape index (κ1) is 19.7. The van der Waals surface area contributed by atoms with Crippen molar-refractivity contribution in [2.45, 2.75) is 64.1 Å². The highest BCUT2D eigenvalue weighted by atomic mass is 16.5. The third-order valence-corrected chi connectivity index (χ3v) is 5.63. The van der Waals surface area contributed by atoms with Gasteiger partial charge in [-0.05, 0) is 63.6 Å². The molecule has 2 fully saturated rings. The van der Waals surface area contributed by atoms with Gasteiger partial charge in [0, 0.05) is 13.2 Å². The molecule has 9 heteroatoms. The van der Waals surface area contributed by atoms with Crippen molar-refractivity contribution in [1.82, 2.24) is 29.9 Å². The Kier molecular flexibility index (Phi) is 5.40. The monoisotopic (exact) mass is 421 g/mol. The summed E-state index contributed by atoms with van der Waals surface area (Å²) in [7, 11) is 1.83. The maximum atomic E-state index is 6.21. The normalized spacial score (nSPS) is 16.8. The van der Waals surface area contributed by atoms with Gasteiger partial charge in [-0.3, -0.25) is 0 Å². The Morgan fingerprint density at radius 3 is 2.55 bits per heavy atom. The molecule has 0 spiro atoms. The van der Waals surface area contributed by atoms with Crippen LogP contribution in [0.3, 0.4) is 0 Å². The van der Waals surface area contributed by atoms with Gasteiger partial charge < -0.3 is 14.8 Å². The fraction of sp³-hybridized carbons (Fsp3) is 0.500. The molecule has 0 saturated heterocycles. The summed E-state index contributed by atoms with van der Waals surface area (Å²) >= 11 is 0. The average Bonchev–Trinajstić information content (AvgIpc) is 3.52. The van der Waals surface area contributed by atoms with E-state index in [-0.39, 0.29) is 6.10 Å². The second kappa shape index (κ2) is 8.49. The summed E-state index contributed by atoms with van der Waals surface area (Å²) in [6.45, 7) is 1.97. The second-order valence-electron chi connectivity index (χ2n) is 8.23. The molecule has 3 aromatic heterocycles. The summed E-state index contributed by atoms with van der Waals surface area (Å²) < 4.78 is 13.6. The van der Waals surface area contributed by atoms with Crippen LogP contribution in [0.2, 0.25) is 0 Å². The molecule has 0 bridgehead atoms. The van der Waals surface area contributed by atoms with Crippen LogP contribution in [-0.4, -0.2) is 42.2 Å². The third kappa shape index (κ3) is 4.60. The number of hydrogen-bond acceptors (Lipinski definition) is 8. The van der Waals surface area contributed by atoms with Gasteiger partial charge in [-0.2, -0.15) is 4.98 Å². The molecule has 0 aromatic carbocycles. The molecule has 1 N–H and O–H groups in total. The summed E-state index contributed by atoms with van der Waals surface area (Å²) in [5.41, 5.74) is 2.23. The van der Waals surface area contributed by atoms with E-state index in [0.29, 0.717) is 29.4 Å². The number of nitrogens with one attached hydrogen (secondary N) is 1. The molecule has 0 amide bonds. The second-order valence-corrected chi connectivity index (χ2v) is 8.23. The number of aromatic nitrogens is 6. The van der Waals surface area contributed by atoms with E-state index in [1.807, 2.05) is 26.1 Å². The standard InChI is InChI=1S/C22H27N7O2/c1-14-18(30-15-6-4-3-5-7-15)11-10-17(24-14)20-21(29(2)28-27-20)25-19-12-13-23-22(26-19)31-16-8-9-16/h10-13,15-16H,3-9H2,1-2H3,(H,23,25,26). The van der Waals surface area contributed by atoms with Crippen LogP contribution in [0, 0.1) is 6.92 Å². The lowest BCUT2D eigenvalue weighted by molar-refractivity contribution is 0.153. The van der Waals surface area contributed by atoms with Gasteiger partial charge in [0.15, 0.2) is 11.5 Å². The van der Waals surface area contributed by atoms with Gasteiger partial charge in [-0.1, -0.05) is 11.6 Å². The zero-order chi connectivity index (χ0) is 21.2. The molecule has 0 aliphatic heterocycles. The summed E-state index contributed by atoms with van der Waals surface area (Å²) in [5.74, 6) is 2.15. The molecule has 3 aromatic rings. The van der Waals surface area contributed by atoms with Crippen molar-refractivity contribution >= 4 is 11.6 Å². The fourth-order valence-electron chi connectivity index (χ4n) is 3.76. The zero-order valence-corrected chi connectivity index (χ0v) is 17.9. The molecule has 0 unspecified atom stereocenters. The van der Waals surface area contributed by atoms with E-state index in [1.165, 1.54) is 19.3 Å². The van der Waals surface area contributed by atoms with E-state index in [1.54, 1.807) is 16.9 Å². The highest BCUT2D eigenvalue weighted by molar-refractivity contribution is 5.72.